The number of ether oxygens (including phenoxy) is 1. The molecule has 2 N–H and O–H groups in total. The molecule has 6 nitrogen and oxygen atoms in total. The smallest absolute Gasteiger partial charge is 0.408 e. The van der Waals surface area contributed by atoms with Gasteiger partial charge >= 0.3 is 12.1 Å². The molecule has 1 fully saturated rings. The number of aliphatic carboxylic acids is 1. The van der Waals surface area contributed by atoms with Crippen molar-refractivity contribution in [1.82, 2.24) is 10.2 Å². The third-order valence-electron chi connectivity index (χ3n) is 4.12. The second-order valence-electron chi connectivity index (χ2n) is 5.51. The molecule has 120 valence electrons. The fourth-order valence-electron chi connectivity index (χ4n) is 2.60. The van der Waals surface area contributed by atoms with Crippen LogP contribution in [0.4, 0.5) is 4.79 Å². The second kappa shape index (κ2) is 7.26. The van der Waals surface area contributed by atoms with Gasteiger partial charge in [0.15, 0.2) is 0 Å². The Hall–Kier alpha value is -2.08. The van der Waals surface area contributed by atoms with Crippen LogP contribution in [0.1, 0.15) is 25.3 Å². The zero-order valence-corrected chi connectivity index (χ0v) is 12.7. The van der Waals surface area contributed by atoms with Crippen LogP contribution < -0.4 is 5.32 Å². The Morgan fingerprint density at radius 1 is 1.27 bits per heavy atom. The maximum absolute atomic E-state index is 11.9. The van der Waals surface area contributed by atoms with E-state index in [1.807, 2.05) is 37.3 Å². The van der Waals surface area contributed by atoms with Crippen molar-refractivity contribution in [2.45, 2.75) is 31.9 Å². The standard InChI is InChI=1S/C16H22N2O4/c1-2-18-10-8-16(9-11-18,14(19)20)17-15(21)22-12-13-6-4-3-5-7-13/h3-7H,2,8-12H2,1H3,(H,17,21)(H,19,20). The van der Waals surface area contributed by atoms with Gasteiger partial charge < -0.3 is 20.1 Å². The Morgan fingerprint density at radius 2 is 1.91 bits per heavy atom. The number of piperidine rings is 1. The first kappa shape index (κ1) is 16.3. The van der Waals surface area contributed by atoms with Gasteiger partial charge in [-0.05, 0) is 24.9 Å². The van der Waals surface area contributed by atoms with Crippen molar-refractivity contribution >= 4 is 12.1 Å². The van der Waals surface area contributed by atoms with Gasteiger partial charge in [-0.1, -0.05) is 37.3 Å². The number of carboxylic acids is 1. The minimum atomic E-state index is -1.22. The molecule has 0 saturated carbocycles. The molecular weight excluding hydrogens is 284 g/mol. The summed E-state index contributed by atoms with van der Waals surface area (Å²) in [7, 11) is 0. The first-order valence-electron chi connectivity index (χ1n) is 7.50. The van der Waals surface area contributed by atoms with Crippen molar-refractivity contribution in [3.63, 3.8) is 0 Å². The van der Waals surface area contributed by atoms with Crippen LogP contribution in [-0.4, -0.2) is 47.2 Å². The lowest BCUT2D eigenvalue weighted by Gasteiger charge is -2.38. The zero-order chi connectivity index (χ0) is 16.0. The van der Waals surface area contributed by atoms with Crippen molar-refractivity contribution in [2.75, 3.05) is 19.6 Å². The van der Waals surface area contributed by atoms with E-state index in [1.54, 1.807) is 0 Å². The molecule has 0 aliphatic carbocycles. The number of alkyl carbamates (subject to hydrolysis) is 1. The fraction of sp³-hybridized carbons (Fsp3) is 0.500. The number of nitrogens with zero attached hydrogens (tertiary/aromatic N) is 1. The number of hydrogen-bond acceptors (Lipinski definition) is 4. The minimum absolute atomic E-state index is 0.128. The molecule has 1 saturated heterocycles. The van der Waals surface area contributed by atoms with Crippen molar-refractivity contribution in [3.8, 4) is 0 Å². The van der Waals surface area contributed by atoms with Crippen LogP contribution in [0.25, 0.3) is 0 Å². The highest BCUT2D eigenvalue weighted by Gasteiger charge is 2.43. The van der Waals surface area contributed by atoms with Crippen LogP contribution >= 0.6 is 0 Å². The molecule has 1 aromatic carbocycles. The summed E-state index contributed by atoms with van der Waals surface area (Å²) in [5.41, 5.74) is -0.359. The van der Waals surface area contributed by atoms with E-state index in [1.165, 1.54) is 0 Å². The summed E-state index contributed by atoms with van der Waals surface area (Å²) in [5.74, 6) is -1.00. The van der Waals surface area contributed by atoms with Crippen LogP contribution in [-0.2, 0) is 16.1 Å². The Balaban J connectivity index is 1.91. The predicted molar refractivity (Wildman–Crippen MR) is 81.5 cm³/mol. The van der Waals surface area contributed by atoms with Crippen LogP contribution in [0.15, 0.2) is 30.3 Å². The van der Waals surface area contributed by atoms with E-state index in [0.717, 1.165) is 12.1 Å². The lowest BCUT2D eigenvalue weighted by Crippen LogP contribution is -2.60. The van der Waals surface area contributed by atoms with Gasteiger partial charge in [0.2, 0.25) is 0 Å². The first-order chi connectivity index (χ1) is 10.6. The molecule has 0 aromatic heterocycles. The third kappa shape index (κ3) is 3.98. The van der Waals surface area contributed by atoms with E-state index in [4.69, 9.17) is 4.74 Å². The SMILES string of the molecule is CCN1CCC(NC(=O)OCc2ccccc2)(C(=O)O)CC1. The number of amides is 1. The monoisotopic (exact) mass is 306 g/mol. The Bertz CT molecular complexity index is 510. The Labute approximate surface area is 130 Å². The largest absolute Gasteiger partial charge is 0.480 e. The van der Waals surface area contributed by atoms with Gasteiger partial charge in [-0.25, -0.2) is 9.59 Å². The molecule has 1 aromatic rings. The number of nitrogens with one attached hydrogen (secondary N) is 1. The quantitative estimate of drug-likeness (QED) is 0.868. The van der Waals surface area contributed by atoms with Crippen molar-refractivity contribution in [3.05, 3.63) is 35.9 Å². The summed E-state index contributed by atoms with van der Waals surface area (Å²) in [5, 5.41) is 12.1. The van der Waals surface area contributed by atoms with Crippen LogP contribution in [0, 0.1) is 0 Å². The van der Waals surface area contributed by atoms with Gasteiger partial charge in [-0.2, -0.15) is 0 Å². The maximum atomic E-state index is 11.9. The van der Waals surface area contributed by atoms with E-state index in [9.17, 15) is 14.7 Å². The zero-order valence-electron chi connectivity index (χ0n) is 12.7. The van der Waals surface area contributed by atoms with Gasteiger partial charge in [0.1, 0.15) is 12.1 Å². The Morgan fingerprint density at radius 3 is 2.45 bits per heavy atom. The van der Waals surface area contributed by atoms with E-state index >= 15 is 0 Å². The number of likely N-dealkylation sites (tertiary alicyclic amines) is 1. The van der Waals surface area contributed by atoms with Gasteiger partial charge in [-0.3, -0.25) is 0 Å². The van der Waals surface area contributed by atoms with Crippen molar-refractivity contribution in [1.29, 1.82) is 0 Å². The highest BCUT2D eigenvalue weighted by atomic mass is 16.5. The van der Waals surface area contributed by atoms with E-state index < -0.39 is 17.6 Å². The summed E-state index contributed by atoms with van der Waals surface area (Å²) < 4.78 is 5.13. The molecule has 1 aliphatic heterocycles. The van der Waals surface area contributed by atoms with Crippen LogP contribution in [0.3, 0.4) is 0 Å². The van der Waals surface area contributed by atoms with E-state index in [2.05, 4.69) is 10.2 Å². The molecule has 22 heavy (non-hydrogen) atoms. The fourth-order valence-corrected chi connectivity index (χ4v) is 2.60. The van der Waals surface area contributed by atoms with E-state index in [0.29, 0.717) is 25.9 Å². The molecule has 1 aliphatic rings. The number of carboxylic acid groups (broad SMARTS) is 1. The highest BCUT2D eigenvalue weighted by molar-refractivity contribution is 5.84. The minimum Gasteiger partial charge on any atom is -0.480 e. The molecule has 0 radical (unpaired) electrons. The van der Waals surface area contributed by atoms with Gasteiger partial charge in [0, 0.05) is 13.1 Å². The average Bonchev–Trinajstić information content (AvgIpc) is 2.54. The van der Waals surface area contributed by atoms with Crippen molar-refractivity contribution in [2.24, 2.45) is 0 Å². The van der Waals surface area contributed by atoms with Crippen LogP contribution in [0.2, 0.25) is 0 Å². The molecule has 1 amide bonds. The molecule has 0 spiro atoms. The molecule has 0 bridgehead atoms. The van der Waals surface area contributed by atoms with Gasteiger partial charge in [-0.15, -0.1) is 0 Å². The maximum Gasteiger partial charge on any atom is 0.408 e. The highest BCUT2D eigenvalue weighted by Crippen LogP contribution is 2.23. The normalized spacial score (nSPS) is 17.7. The Kier molecular flexibility index (Phi) is 5.38. The summed E-state index contributed by atoms with van der Waals surface area (Å²) >= 11 is 0. The lowest BCUT2D eigenvalue weighted by atomic mass is 9.87. The summed E-state index contributed by atoms with van der Waals surface area (Å²) in [6, 6.07) is 9.29. The number of hydrogen-bond donors (Lipinski definition) is 2. The number of benzene rings is 1. The average molecular weight is 306 g/mol. The van der Waals surface area contributed by atoms with Crippen molar-refractivity contribution < 1.29 is 19.4 Å². The second-order valence-corrected chi connectivity index (χ2v) is 5.51. The third-order valence-corrected chi connectivity index (χ3v) is 4.12. The number of rotatable bonds is 5. The van der Waals surface area contributed by atoms with Gasteiger partial charge in [0.25, 0.3) is 0 Å². The molecule has 1 heterocycles. The lowest BCUT2D eigenvalue weighted by molar-refractivity contribution is -0.146. The summed E-state index contributed by atoms with van der Waals surface area (Å²) in [4.78, 5) is 25.7. The summed E-state index contributed by atoms with van der Waals surface area (Å²) in [6.07, 6.45) is 0.0870. The molecular formula is C16H22N2O4. The molecule has 6 heteroatoms. The topological polar surface area (TPSA) is 78.9 Å². The number of carbonyl (C=O) groups excluding carboxylic acids is 1. The van der Waals surface area contributed by atoms with Gasteiger partial charge in [0.05, 0.1) is 0 Å². The summed E-state index contributed by atoms with van der Waals surface area (Å²) in [6.45, 7) is 4.36. The molecule has 0 unspecified atom stereocenters. The predicted octanol–water partition coefficient (Wildman–Crippen LogP) is 1.85. The number of carbonyl (C=O) groups is 2. The first-order valence-corrected chi connectivity index (χ1v) is 7.50. The van der Waals surface area contributed by atoms with E-state index in [-0.39, 0.29) is 6.61 Å². The molecule has 0 atom stereocenters. The molecule has 2 rings (SSSR count). The van der Waals surface area contributed by atoms with Crippen LogP contribution in [0.5, 0.6) is 0 Å².